The number of nitrogen functional groups attached to an aromatic ring is 1. The van der Waals surface area contributed by atoms with Crippen LogP contribution in [0.15, 0.2) is 24.3 Å². The molecule has 0 spiro atoms. The smallest absolute Gasteiger partial charge is 0.303 e. The van der Waals surface area contributed by atoms with Gasteiger partial charge in [0.05, 0.1) is 0 Å². The SMILES string of the molecule is CC(CNC(=O)c1cccc(N)c1)CC(=O)O. The van der Waals surface area contributed by atoms with Gasteiger partial charge in [-0.15, -0.1) is 0 Å². The van der Waals surface area contributed by atoms with E-state index in [0.717, 1.165) is 0 Å². The zero-order valence-corrected chi connectivity index (χ0v) is 9.64. The molecule has 0 radical (unpaired) electrons. The molecule has 0 bridgehead atoms. The molecule has 0 saturated heterocycles. The Labute approximate surface area is 99.6 Å². The Morgan fingerprint density at radius 2 is 2.18 bits per heavy atom. The summed E-state index contributed by atoms with van der Waals surface area (Å²) in [5, 5.41) is 11.2. The Hall–Kier alpha value is -2.04. The Morgan fingerprint density at radius 1 is 1.47 bits per heavy atom. The van der Waals surface area contributed by atoms with Crippen molar-refractivity contribution in [2.75, 3.05) is 12.3 Å². The number of carboxylic acid groups (broad SMARTS) is 1. The van der Waals surface area contributed by atoms with Gasteiger partial charge in [-0.25, -0.2) is 0 Å². The van der Waals surface area contributed by atoms with Gasteiger partial charge in [-0.1, -0.05) is 13.0 Å². The van der Waals surface area contributed by atoms with Crippen molar-refractivity contribution in [3.05, 3.63) is 29.8 Å². The lowest BCUT2D eigenvalue weighted by Crippen LogP contribution is -2.29. The molecule has 0 heterocycles. The van der Waals surface area contributed by atoms with Crippen LogP contribution < -0.4 is 11.1 Å². The van der Waals surface area contributed by atoms with Gasteiger partial charge in [-0.3, -0.25) is 9.59 Å². The van der Waals surface area contributed by atoms with Crippen molar-refractivity contribution in [3.63, 3.8) is 0 Å². The first-order valence-corrected chi connectivity index (χ1v) is 5.34. The monoisotopic (exact) mass is 236 g/mol. The number of hydrogen-bond acceptors (Lipinski definition) is 3. The Morgan fingerprint density at radius 3 is 2.76 bits per heavy atom. The third-order valence-electron chi connectivity index (χ3n) is 2.28. The number of carboxylic acids is 1. The minimum absolute atomic E-state index is 0.0389. The summed E-state index contributed by atoms with van der Waals surface area (Å²) in [4.78, 5) is 22.1. The molecule has 5 heteroatoms. The average Bonchev–Trinajstić information content (AvgIpc) is 2.25. The van der Waals surface area contributed by atoms with E-state index in [1.807, 2.05) is 0 Å². The summed E-state index contributed by atoms with van der Waals surface area (Å²) in [5.74, 6) is -1.21. The second kappa shape index (κ2) is 5.89. The number of amides is 1. The maximum Gasteiger partial charge on any atom is 0.303 e. The van der Waals surface area contributed by atoms with Crippen LogP contribution in [0.3, 0.4) is 0 Å². The molecule has 0 aliphatic rings. The Kier molecular flexibility index (Phi) is 4.51. The summed E-state index contributed by atoms with van der Waals surface area (Å²) < 4.78 is 0. The molecule has 0 aromatic heterocycles. The first kappa shape index (κ1) is 13.0. The van der Waals surface area contributed by atoms with Crippen LogP contribution in [-0.2, 0) is 4.79 Å². The van der Waals surface area contributed by atoms with Gasteiger partial charge >= 0.3 is 5.97 Å². The summed E-state index contributed by atoms with van der Waals surface area (Å²) in [6.45, 7) is 2.10. The van der Waals surface area contributed by atoms with Gasteiger partial charge in [-0.05, 0) is 24.1 Å². The Balaban J connectivity index is 2.47. The van der Waals surface area contributed by atoms with Crippen molar-refractivity contribution in [2.45, 2.75) is 13.3 Å². The van der Waals surface area contributed by atoms with Gasteiger partial charge in [0, 0.05) is 24.2 Å². The number of aliphatic carboxylic acids is 1. The summed E-state index contributed by atoms with van der Waals surface area (Å²) >= 11 is 0. The zero-order valence-electron chi connectivity index (χ0n) is 9.64. The number of nitrogens with two attached hydrogens (primary N) is 1. The summed E-state index contributed by atoms with van der Waals surface area (Å²) in [6.07, 6.45) is 0.0389. The Bertz CT molecular complexity index is 418. The topological polar surface area (TPSA) is 92.4 Å². The van der Waals surface area contributed by atoms with Crippen molar-refractivity contribution in [2.24, 2.45) is 5.92 Å². The molecule has 92 valence electrons. The van der Waals surface area contributed by atoms with Gasteiger partial charge < -0.3 is 16.2 Å². The molecule has 0 fully saturated rings. The molecule has 0 aliphatic heterocycles. The molecule has 1 rings (SSSR count). The first-order chi connectivity index (χ1) is 7.99. The van der Waals surface area contributed by atoms with Gasteiger partial charge in [0.2, 0.25) is 0 Å². The zero-order chi connectivity index (χ0) is 12.8. The number of hydrogen-bond donors (Lipinski definition) is 3. The first-order valence-electron chi connectivity index (χ1n) is 5.34. The molecule has 4 N–H and O–H groups in total. The van der Waals surface area contributed by atoms with E-state index in [-0.39, 0.29) is 18.2 Å². The van der Waals surface area contributed by atoms with Crippen LogP contribution in [0.4, 0.5) is 5.69 Å². The van der Waals surface area contributed by atoms with Gasteiger partial charge in [0.1, 0.15) is 0 Å². The molecule has 0 aliphatic carbocycles. The van der Waals surface area contributed by atoms with E-state index in [0.29, 0.717) is 17.8 Å². The van der Waals surface area contributed by atoms with Crippen LogP contribution in [0.5, 0.6) is 0 Å². The number of nitrogens with one attached hydrogen (secondary N) is 1. The molecule has 17 heavy (non-hydrogen) atoms. The van der Waals surface area contributed by atoms with Crippen LogP contribution in [0.25, 0.3) is 0 Å². The molecule has 0 saturated carbocycles. The lowest BCUT2D eigenvalue weighted by atomic mass is 10.1. The van der Waals surface area contributed by atoms with E-state index in [1.165, 1.54) is 0 Å². The van der Waals surface area contributed by atoms with Crippen molar-refractivity contribution >= 4 is 17.6 Å². The molecule has 1 unspecified atom stereocenters. The molecule has 1 atom stereocenters. The van der Waals surface area contributed by atoms with Crippen LogP contribution >= 0.6 is 0 Å². The van der Waals surface area contributed by atoms with Crippen LogP contribution in [0.2, 0.25) is 0 Å². The minimum Gasteiger partial charge on any atom is -0.481 e. The van der Waals surface area contributed by atoms with Crippen LogP contribution in [0, 0.1) is 5.92 Å². The highest BCUT2D eigenvalue weighted by molar-refractivity contribution is 5.94. The molecule has 5 nitrogen and oxygen atoms in total. The highest BCUT2D eigenvalue weighted by Crippen LogP contribution is 2.07. The quantitative estimate of drug-likeness (QED) is 0.668. The standard InChI is InChI=1S/C12H16N2O3/c1-8(5-11(15)16)7-14-12(17)9-3-2-4-10(13)6-9/h2-4,6,8H,5,7,13H2,1H3,(H,14,17)(H,15,16). The minimum atomic E-state index is -0.865. The average molecular weight is 236 g/mol. The third-order valence-corrected chi connectivity index (χ3v) is 2.28. The van der Waals surface area contributed by atoms with Gasteiger partial charge in [0.25, 0.3) is 5.91 Å². The number of carbonyl (C=O) groups excluding carboxylic acids is 1. The lowest BCUT2D eigenvalue weighted by molar-refractivity contribution is -0.137. The van der Waals surface area contributed by atoms with Gasteiger partial charge in [-0.2, -0.15) is 0 Å². The van der Waals surface area contributed by atoms with Crippen LogP contribution in [0.1, 0.15) is 23.7 Å². The molecule has 1 aromatic rings. The normalized spacial score (nSPS) is 11.8. The fourth-order valence-corrected chi connectivity index (χ4v) is 1.42. The lowest BCUT2D eigenvalue weighted by Gasteiger charge is -2.10. The fraction of sp³-hybridized carbons (Fsp3) is 0.333. The summed E-state index contributed by atoms with van der Waals surface area (Å²) in [7, 11) is 0. The number of benzene rings is 1. The van der Waals surface area contributed by atoms with E-state index in [9.17, 15) is 9.59 Å². The molecular weight excluding hydrogens is 220 g/mol. The predicted octanol–water partition coefficient (Wildman–Crippen LogP) is 1.11. The number of carbonyl (C=O) groups is 2. The van der Waals surface area contributed by atoms with E-state index < -0.39 is 5.97 Å². The largest absolute Gasteiger partial charge is 0.481 e. The van der Waals surface area contributed by atoms with E-state index in [4.69, 9.17) is 10.8 Å². The van der Waals surface area contributed by atoms with Crippen molar-refractivity contribution in [1.29, 1.82) is 0 Å². The summed E-state index contributed by atoms with van der Waals surface area (Å²) in [6, 6.07) is 6.64. The second-order valence-corrected chi connectivity index (χ2v) is 4.04. The van der Waals surface area contributed by atoms with E-state index >= 15 is 0 Å². The maximum absolute atomic E-state index is 11.7. The predicted molar refractivity (Wildman–Crippen MR) is 64.6 cm³/mol. The molecular formula is C12H16N2O3. The fourth-order valence-electron chi connectivity index (χ4n) is 1.42. The third kappa shape index (κ3) is 4.55. The van der Waals surface area contributed by atoms with Crippen molar-refractivity contribution in [1.82, 2.24) is 5.32 Å². The van der Waals surface area contributed by atoms with Crippen molar-refractivity contribution in [3.8, 4) is 0 Å². The molecule has 1 aromatic carbocycles. The van der Waals surface area contributed by atoms with E-state index in [2.05, 4.69) is 5.32 Å². The van der Waals surface area contributed by atoms with E-state index in [1.54, 1.807) is 31.2 Å². The highest BCUT2D eigenvalue weighted by Gasteiger charge is 2.10. The second-order valence-electron chi connectivity index (χ2n) is 4.04. The van der Waals surface area contributed by atoms with Crippen LogP contribution in [-0.4, -0.2) is 23.5 Å². The van der Waals surface area contributed by atoms with Crippen molar-refractivity contribution < 1.29 is 14.7 Å². The summed E-state index contributed by atoms with van der Waals surface area (Å²) in [5.41, 5.74) is 6.56. The number of anilines is 1. The maximum atomic E-state index is 11.7. The van der Waals surface area contributed by atoms with Gasteiger partial charge in [0.15, 0.2) is 0 Å². The highest BCUT2D eigenvalue weighted by atomic mass is 16.4. The molecule has 1 amide bonds. The number of rotatable bonds is 5.